The first-order chi connectivity index (χ1) is 12.2. The van der Waals surface area contributed by atoms with Gasteiger partial charge >= 0.3 is 0 Å². The Kier molecular flexibility index (Phi) is 4.60. The van der Waals surface area contributed by atoms with Crippen molar-refractivity contribution >= 4 is 22.5 Å². The van der Waals surface area contributed by atoms with Gasteiger partial charge in [-0.1, -0.05) is 29.8 Å². The van der Waals surface area contributed by atoms with E-state index in [1.54, 1.807) is 12.1 Å². The molecule has 1 saturated heterocycles. The number of hydrogen-bond donors (Lipinski definition) is 1. The molecule has 3 nitrogen and oxygen atoms in total. The number of pyridine rings is 1. The van der Waals surface area contributed by atoms with Crippen LogP contribution in [0.3, 0.4) is 0 Å². The molecule has 3 aromatic rings. The lowest BCUT2D eigenvalue weighted by molar-refractivity contribution is 0.205. The minimum atomic E-state index is 0.336. The van der Waals surface area contributed by atoms with Crippen molar-refractivity contribution in [2.24, 2.45) is 0 Å². The highest BCUT2D eigenvalue weighted by atomic mass is 35.5. The molecular weight excluding hydrogens is 332 g/mol. The minimum Gasteiger partial charge on any atom is -0.508 e. The number of hydrogen-bond acceptors (Lipinski definition) is 3. The molecule has 25 heavy (non-hydrogen) atoms. The standard InChI is InChI=1S/C21H21ClN2O/c22-20-8-5-17(21-19(20)2-1-11-23-21)14-24-12-9-16(10-13-24)15-3-6-18(25)7-4-15/h1-8,11,16,25H,9-10,12-14H2. The molecule has 1 fully saturated rings. The highest BCUT2D eigenvalue weighted by Gasteiger charge is 2.21. The molecule has 0 bridgehead atoms. The number of halogens is 1. The van der Waals surface area contributed by atoms with Gasteiger partial charge in [0.05, 0.1) is 5.52 Å². The molecule has 0 atom stereocenters. The van der Waals surface area contributed by atoms with Gasteiger partial charge in [0.1, 0.15) is 5.75 Å². The van der Waals surface area contributed by atoms with E-state index in [4.69, 9.17) is 11.6 Å². The zero-order valence-electron chi connectivity index (χ0n) is 14.0. The Labute approximate surface area is 152 Å². The van der Waals surface area contributed by atoms with E-state index < -0.39 is 0 Å². The van der Waals surface area contributed by atoms with E-state index in [0.717, 1.165) is 48.4 Å². The number of piperidine rings is 1. The van der Waals surface area contributed by atoms with Crippen molar-refractivity contribution in [3.63, 3.8) is 0 Å². The number of phenolic OH excluding ortho intramolecular Hbond substituents is 1. The Hall–Kier alpha value is -2.10. The molecule has 4 heteroatoms. The van der Waals surface area contributed by atoms with Crippen LogP contribution < -0.4 is 0 Å². The van der Waals surface area contributed by atoms with E-state index in [0.29, 0.717) is 11.7 Å². The quantitative estimate of drug-likeness (QED) is 0.722. The van der Waals surface area contributed by atoms with Crippen molar-refractivity contribution < 1.29 is 5.11 Å². The van der Waals surface area contributed by atoms with E-state index in [9.17, 15) is 5.11 Å². The molecule has 0 amide bonds. The summed E-state index contributed by atoms with van der Waals surface area (Å²) < 4.78 is 0. The van der Waals surface area contributed by atoms with Gasteiger partial charge in [0.15, 0.2) is 0 Å². The van der Waals surface area contributed by atoms with Crippen molar-refractivity contribution in [1.29, 1.82) is 0 Å². The fourth-order valence-electron chi connectivity index (χ4n) is 3.74. The first-order valence-corrected chi connectivity index (χ1v) is 9.12. The van der Waals surface area contributed by atoms with Crippen LogP contribution in [0.2, 0.25) is 5.02 Å². The number of rotatable bonds is 3. The summed E-state index contributed by atoms with van der Waals surface area (Å²) in [6.45, 7) is 3.05. The van der Waals surface area contributed by atoms with Gasteiger partial charge in [0, 0.05) is 23.2 Å². The predicted octanol–water partition coefficient (Wildman–Crippen LogP) is 4.97. The van der Waals surface area contributed by atoms with Crippen molar-refractivity contribution in [2.45, 2.75) is 25.3 Å². The molecule has 0 saturated carbocycles. The Bertz CT molecular complexity index is 871. The molecular formula is C21H21ClN2O. The van der Waals surface area contributed by atoms with E-state index in [2.05, 4.69) is 16.0 Å². The molecule has 128 valence electrons. The number of phenols is 1. The van der Waals surface area contributed by atoms with E-state index in [-0.39, 0.29) is 0 Å². The van der Waals surface area contributed by atoms with Gasteiger partial charge in [-0.2, -0.15) is 0 Å². The Morgan fingerprint density at radius 2 is 1.80 bits per heavy atom. The zero-order valence-corrected chi connectivity index (χ0v) is 14.8. The lowest BCUT2D eigenvalue weighted by atomic mass is 9.89. The second-order valence-electron chi connectivity index (χ2n) is 6.75. The maximum absolute atomic E-state index is 9.44. The van der Waals surface area contributed by atoms with E-state index >= 15 is 0 Å². The van der Waals surface area contributed by atoms with Crippen molar-refractivity contribution in [1.82, 2.24) is 9.88 Å². The third-order valence-corrected chi connectivity index (χ3v) is 5.48. The van der Waals surface area contributed by atoms with Gasteiger partial charge in [0.2, 0.25) is 0 Å². The number of aromatic nitrogens is 1. The molecule has 0 aliphatic carbocycles. The van der Waals surface area contributed by atoms with Crippen LogP contribution >= 0.6 is 11.6 Å². The van der Waals surface area contributed by atoms with Gasteiger partial charge in [-0.25, -0.2) is 0 Å². The molecule has 1 aliphatic heterocycles. The minimum absolute atomic E-state index is 0.336. The first-order valence-electron chi connectivity index (χ1n) is 8.74. The van der Waals surface area contributed by atoms with Crippen LogP contribution in [0, 0.1) is 0 Å². The molecule has 0 unspecified atom stereocenters. The molecule has 1 N–H and O–H groups in total. The van der Waals surface area contributed by atoms with Gasteiger partial charge in [0.25, 0.3) is 0 Å². The number of likely N-dealkylation sites (tertiary alicyclic amines) is 1. The number of aromatic hydroxyl groups is 1. The fourth-order valence-corrected chi connectivity index (χ4v) is 3.95. The summed E-state index contributed by atoms with van der Waals surface area (Å²) in [7, 11) is 0. The van der Waals surface area contributed by atoms with Crippen molar-refractivity contribution in [3.8, 4) is 5.75 Å². The van der Waals surface area contributed by atoms with Gasteiger partial charge in [-0.05, 0) is 73.3 Å². The van der Waals surface area contributed by atoms with Crippen molar-refractivity contribution in [3.05, 3.63) is 70.9 Å². The Balaban J connectivity index is 1.45. The van der Waals surface area contributed by atoms with Crippen LogP contribution in [-0.4, -0.2) is 28.1 Å². The lowest BCUT2D eigenvalue weighted by Gasteiger charge is -2.32. The summed E-state index contributed by atoms with van der Waals surface area (Å²) in [5.74, 6) is 0.917. The smallest absolute Gasteiger partial charge is 0.115 e. The Morgan fingerprint density at radius 1 is 1.04 bits per heavy atom. The molecule has 1 aromatic heterocycles. The third-order valence-electron chi connectivity index (χ3n) is 5.15. The second kappa shape index (κ2) is 7.03. The average molecular weight is 353 g/mol. The predicted molar refractivity (Wildman–Crippen MR) is 102 cm³/mol. The van der Waals surface area contributed by atoms with Crippen molar-refractivity contribution in [2.75, 3.05) is 13.1 Å². The second-order valence-corrected chi connectivity index (χ2v) is 7.16. The summed E-state index contributed by atoms with van der Waals surface area (Å²) in [6, 6.07) is 15.7. The number of fused-ring (bicyclic) bond motifs is 1. The van der Waals surface area contributed by atoms with Crippen LogP contribution in [-0.2, 0) is 6.54 Å². The van der Waals surface area contributed by atoms with Gasteiger partial charge in [-0.15, -0.1) is 0 Å². The molecule has 2 heterocycles. The van der Waals surface area contributed by atoms with Gasteiger partial charge < -0.3 is 5.11 Å². The summed E-state index contributed by atoms with van der Waals surface area (Å²) in [5, 5.41) is 11.2. The SMILES string of the molecule is Oc1ccc(C2CCN(Cc3ccc(Cl)c4cccnc34)CC2)cc1. The summed E-state index contributed by atoms with van der Waals surface area (Å²) in [4.78, 5) is 7.04. The molecule has 2 aromatic carbocycles. The van der Waals surface area contributed by atoms with Crippen LogP contribution in [0.15, 0.2) is 54.7 Å². The van der Waals surface area contributed by atoms with Crippen LogP contribution in [0.5, 0.6) is 5.75 Å². The molecule has 4 rings (SSSR count). The average Bonchev–Trinajstić information content (AvgIpc) is 2.66. The number of benzene rings is 2. The molecule has 0 spiro atoms. The summed E-state index contributed by atoms with van der Waals surface area (Å²) >= 11 is 6.30. The normalized spacial score (nSPS) is 16.4. The van der Waals surface area contributed by atoms with Crippen LogP contribution in [0.1, 0.15) is 29.9 Å². The van der Waals surface area contributed by atoms with Crippen LogP contribution in [0.4, 0.5) is 0 Å². The van der Waals surface area contributed by atoms with E-state index in [1.165, 1.54) is 11.1 Å². The highest BCUT2D eigenvalue weighted by molar-refractivity contribution is 6.35. The highest BCUT2D eigenvalue weighted by Crippen LogP contribution is 2.31. The maximum Gasteiger partial charge on any atom is 0.115 e. The first kappa shape index (κ1) is 16.4. The third kappa shape index (κ3) is 3.48. The van der Waals surface area contributed by atoms with E-state index in [1.807, 2.05) is 36.5 Å². The molecule has 1 aliphatic rings. The zero-order chi connectivity index (χ0) is 17.2. The number of nitrogens with zero attached hydrogens (tertiary/aromatic N) is 2. The Morgan fingerprint density at radius 3 is 2.56 bits per heavy atom. The van der Waals surface area contributed by atoms with Crippen LogP contribution in [0.25, 0.3) is 10.9 Å². The van der Waals surface area contributed by atoms with Gasteiger partial charge in [-0.3, -0.25) is 9.88 Å². The lowest BCUT2D eigenvalue weighted by Crippen LogP contribution is -2.32. The summed E-state index contributed by atoms with van der Waals surface area (Å²) in [5.41, 5.74) is 3.58. The largest absolute Gasteiger partial charge is 0.508 e. The maximum atomic E-state index is 9.44. The monoisotopic (exact) mass is 352 g/mol. The summed E-state index contributed by atoms with van der Waals surface area (Å²) in [6.07, 6.45) is 4.12. The topological polar surface area (TPSA) is 36.4 Å². The molecule has 0 radical (unpaired) electrons. The fraction of sp³-hybridized carbons (Fsp3) is 0.286.